The van der Waals surface area contributed by atoms with E-state index < -0.39 is 23.3 Å². The first kappa shape index (κ1) is 27.7. The first-order valence-corrected chi connectivity index (χ1v) is 14.7. The number of likely N-dealkylation sites (tertiary alicyclic amines) is 1. The number of carbonyl (C=O) groups is 3. The van der Waals surface area contributed by atoms with E-state index in [0.29, 0.717) is 24.1 Å². The Morgan fingerprint density at radius 1 is 1.23 bits per heavy atom. The normalized spacial score (nSPS) is 24.7. The number of amides is 2. The molecule has 3 aliphatic rings. The van der Waals surface area contributed by atoms with Crippen molar-refractivity contribution >= 4 is 34.1 Å². The van der Waals surface area contributed by atoms with Gasteiger partial charge < -0.3 is 25.2 Å². The fourth-order valence-corrected chi connectivity index (χ4v) is 6.99. The van der Waals surface area contributed by atoms with Gasteiger partial charge in [0.2, 0.25) is 11.8 Å². The number of ether oxygens (including phenoxy) is 1. The highest BCUT2D eigenvalue weighted by Gasteiger charge is 2.53. The number of carbonyl (C=O) groups excluding carboxylic acids is 3. The summed E-state index contributed by atoms with van der Waals surface area (Å²) in [4.78, 5) is 51.0. The van der Waals surface area contributed by atoms with Crippen LogP contribution in [0.25, 0.3) is 11.3 Å². The van der Waals surface area contributed by atoms with E-state index in [1.807, 2.05) is 45.2 Å². The smallest absolute Gasteiger partial charge is 0.249 e. The molecule has 5 rings (SSSR count). The molecule has 0 saturated carbocycles. The van der Waals surface area contributed by atoms with Crippen molar-refractivity contribution in [1.82, 2.24) is 14.8 Å². The summed E-state index contributed by atoms with van der Waals surface area (Å²) in [6, 6.07) is 4.90. The standard InChI is InChI=1S/C29H39N5O4S/c1-6-29(3,4)23(27(37)34-14-17(2)25-24(34)22(35)15-38-25)20-13-18(7-8-19(20)26(30)36)21-16-39-28(31-21)33-11-9-32(5)10-12-33/h7-8,13,16-17,23-25H,6,9-12,14-15H2,1-5H3,(H2,30,36)/t17-,23+,24-,25-/m1/s1. The SMILES string of the molecule is CCC(C)(C)[C@H](C(=O)N1C[C@@H](C)[C@H]2OCC(=O)[C@H]21)c1cc(-c2csc(N3CCN(C)CC3)n2)ccc1C(N)=O. The number of primary amides is 1. The maximum atomic E-state index is 14.4. The van der Waals surface area contributed by atoms with E-state index >= 15 is 0 Å². The van der Waals surface area contributed by atoms with Gasteiger partial charge in [0, 0.05) is 55.1 Å². The third-order valence-corrected chi connectivity index (χ3v) is 9.75. The zero-order chi connectivity index (χ0) is 28.1. The lowest BCUT2D eigenvalue weighted by molar-refractivity contribution is -0.140. The van der Waals surface area contributed by atoms with E-state index in [-0.39, 0.29) is 30.3 Å². The number of fused-ring (bicyclic) bond motifs is 1. The molecule has 0 unspecified atom stereocenters. The number of likely N-dealkylation sites (N-methyl/N-ethyl adjacent to an activating group) is 1. The number of nitrogens with two attached hydrogens (primary N) is 1. The van der Waals surface area contributed by atoms with Gasteiger partial charge in [-0.3, -0.25) is 14.4 Å². The Balaban J connectivity index is 1.54. The van der Waals surface area contributed by atoms with E-state index in [1.165, 1.54) is 0 Å². The fraction of sp³-hybridized carbons (Fsp3) is 0.586. The second-order valence-corrected chi connectivity index (χ2v) is 12.7. The molecule has 0 bridgehead atoms. The van der Waals surface area contributed by atoms with Gasteiger partial charge in [-0.1, -0.05) is 33.8 Å². The van der Waals surface area contributed by atoms with Crippen molar-refractivity contribution in [1.29, 1.82) is 0 Å². The fourth-order valence-electron chi connectivity index (χ4n) is 6.10. The molecule has 2 amide bonds. The Bertz CT molecular complexity index is 1270. The summed E-state index contributed by atoms with van der Waals surface area (Å²) in [6.07, 6.45) is 0.412. The monoisotopic (exact) mass is 553 g/mol. The van der Waals surface area contributed by atoms with Gasteiger partial charge in [-0.2, -0.15) is 0 Å². The van der Waals surface area contributed by atoms with Crippen LogP contribution in [0.15, 0.2) is 23.6 Å². The molecule has 1 aromatic carbocycles. The minimum atomic E-state index is -0.667. The number of nitrogens with zero attached hydrogens (tertiary/aromatic N) is 4. The Labute approximate surface area is 234 Å². The highest BCUT2D eigenvalue weighted by Crippen LogP contribution is 2.44. The van der Waals surface area contributed by atoms with Gasteiger partial charge >= 0.3 is 0 Å². The highest BCUT2D eigenvalue weighted by atomic mass is 32.1. The third-order valence-electron chi connectivity index (χ3n) is 8.85. The maximum Gasteiger partial charge on any atom is 0.249 e. The third kappa shape index (κ3) is 5.10. The first-order valence-electron chi connectivity index (χ1n) is 13.8. The van der Waals surface area contributed by atoms with Crippen LogP contribution >= 0.6 is 11.3 Å². The maximum absolute atomic E-state index is 14.4. The molecule has 3 aliphatic heterocycles. The van der Waals surface area contributed by atoms with Gasteiger partial charge in [0.25, 0.3) is 0 Å². The number of ketones is 1. The van der Waals surface area contributed by atoms with Gasteiger partial charge in [0.05, 0.1) is 17.7 Å². The predicted molar refractivity (Wildman–Crippen MR) is 152 cm³/mol. The number of thiazole rings is 1. The van der Waals surface area contributed by atoms with E-state index in [1.54, 1.807) is 22.3 Å². The lowest BCUT2D eigenvalue weighted by Gasteiger charge is -2.37. The number of piperazine rings is 1. The van der Waals surface area contributed by atoms with Crippen LogP contribution < -0.4 is 10.6 Å². The van der Waals surface area contributed by atoms with Gasteiger partial charge in [-0.15, -0.1) is 11.3 Å². The molecule has 3 fully saturated rings. The number of Topliss-reactive ketones (excluding diaryl/α,β-unsaturated/α-hetero) is 1. The van der Waals surface area contributed by atoms with Crippen LogP contribution in [-0.4, -0.2) is 90.9 Å². The molecular weight excluding hydrogens is 514 g/mol. The minimum Gasteiger partial charge on any atom is -0.367 e. The van der Waals surface area contributed by atoms with Crippen molar-refractivity contribution in [3.63, 3.8) is 0 Å². The molecule has 4 atom stereocenters. The van der Waals surface area contributed by atoms with Crippen molar-refractivity contribution in [2.45, 2.75) is 52.2 Å². The van der Waals surface area contributed by atoms with Crippen molar-refractivity contribution in [2.24, 2.45) is 17.1 Å². The molecule has 210 valence electrons. The molecule has 2 aromatic rings. The van der Waals surface area contributed by atoms with E-state index in [0.717, 1.165) is 42.6 Å². The molecule has 4 heterocycles. The van der Waals surface area contributed by atoms with E-state index in [9.17, 15) is 14.4 Å². The highest BCUT2D eigenvalue weighted by molar-refractivity contribution is 7.14. The van der Waals surface area contributed by atoms with Crippen molar-refractivity contribution in [3.05, 3.63) is 34.7 Å². The van der Waals surface area contributed by atoms with Crippen LogP contribution in [0.1, 0.15) is 56.0 Å². The predicted octanol–water partition coefficient (Wildman–Crippen LogP) is 3.00. The average Bonchev–Trinajstić information content (AvgIpc) is 3.62. The zero-order valence-electron chi connectivity index (χ0n) is 23.5. The minimum absolute atomic E-state index is 0.0345. The van der Waals surface area contributed by atoms with Gasteiger partial charge in [0.15, 0.2) is 10.9 Å². The largest absolute Gasteiger partial charge is 0.367 e. The van der Waals surface area contributed by atoms with E-state index in [2.05, 4.69) is 16.8 Å². The van der Waals surface area contributed by atoms with Crippen molar-refractivity contribution < 1.29 is 19.1 Å². The van der Waals surface area contributed by atoms with Crippen LogP contribution in [0.4, 0.5) is 5.13 Å². The molecule has 9 nitrogen and oxygen atoms in total. The lowest BCUT2D eigenvalue weighted by Crippen LogP contribution is -2.47. The number of aromatic nitrogens is 1. The summed E-state index contributed by atoms with van der Waals surface area (Å²) in [5.41, 5.74) is 7.92. The number of hydrogen-bond donors (Lipinski definition) is 1. The summed E-state index contributed by atoms with van der Waals surface area (Å²) < 4.78 is 5.75. The Kier molecular flexibility index (Phi) is 7.56. The molecule has 1 aromatic heterocycles. The van der Waals surface area contributed by atoms with Gasteiger partial charge in [-0.05, 0) is 36.6 Å². The van der Waals surface area contributed by atoms with Crippen molar-refractivity contribution in [3.8, 4) is 11.3 Å². The topological polar surface area (TPSA) is 109 Å². The first-order chi connectivity index (χ1) is 18.5. The van der Waals surface area contributed by atoms with Crippen LogP contribution in [0.2, 0.25) is 0 Å². The summed E-state index contributed by atoms with van der Waals surface area (Å²) >= 11 is 1.60. The Hall–Kier alpha value is -2.82. The number of hydrogen-bond acceptors (Lipinski definition) is 8. The second kappa shape index (κ2) is 10.6. The average molecular weight is 554 g/mol. The quantitative estimate of drug-likeness (QED) is 0.561. The molecule has 2 N–H and O–H groups in total. The van der Waals surface area contributed by atoms with Crippen LogP contribution in [-0.2, 0) is 14.3 Å². The molecule has 0 radical (unpaired) electrons. The van der Waals surface area contributed by atoms with E-state index in [4.69, 9.17) is 15.5 Å². The zero-order valence-corrected chi connectivity index (χ0v) is 24.3. The van der Waals surface area contributed by atoms with Crippen LogP contribution in [0.5, 0.6) is 0 Å². The second-order valence-electron chi connectivity index (χ2n) is 11.9. The van der Waals surface area contributed by atoms with Crippen LogP contribution in [0, 0.1) is 11.3 Å². The number of benzene rings is 1. The van der Waals surface area contributed by atoms with Crippen LogP contribution in [0.3, 0.4) is 0 Å². The summed E-state index contributed by atoms with van der Waals surface area (Å²) in [6.45, 7) is 12.4. The molecule has 0 spiro atoms. The summed E-state index contributed by atoms with van der Waals surface area (Å²) in [5.74, 6) is -1.41. The number of rotatable bonds is 7. The Morgan fingerprint density at radius 3 is 2.62 bits per heavy atom. The Morgan fingerprint density at radius 2 is 1.95 bits per heavy atom. The van der Waals surface area contributed by atoms with Crippen molar-refractivity contribution in [2.75, 3.05) is 51.3 Å². The van der Waals surface area contributed by atoms with Gasteiger partial charge in [-0.25, -0.2) is 4.98 Å². The molecule has 39 heavy (non-hydrogen) atoms. The summed E-state index contributed by atoms with van der Waals surface area (Å²) in [7, 11) is 2.13. The summed E-state index contributed by atoms with van der Waals surface area (Å²) in [5, 5.41) is 3.00. The molecule has 10 heteroatoms. The molecule has 0 aliphatic carbocycles. The van der Waals surface area contributed by atoms with Gasteiger partial charge in [0.1, 0.15) is 12.6 Å². The molecular formula is C29H39N5O4S. The molecule has 3 saturated heterocycles. The number of anilines is 1. The lowest BCUT2D eigenvalue weighted by atomic mass is 9.70.